The lowest BCUT2D eigenvalue weighted by atomic mass is 9.70. The number of furan rings is 1. The summed E-state index contributed by atoms with van der Waals surface area (Å²) in [4.78, 5) is 4.69. The number of rotatable bonds is 2. The van der Waals surface area contributed by atoms with Gasteiger partial charge in [0.2, 0.25) is 11.7 Å². The molecule has 1 aliphatic heterocycles. The number of fused-ring (bicyclic) bond motifs is 1. The molecule has 4 rings (SSSR count). The molecular formula is C15H19N3O2. The van der Waals surface area contributed by atoms with E-state index in [2.05, 4.69) is 10.5 Å². The van der Waals surface area contributed by atoms with Gasteiger partial charge in [0, 0.05) is 6.04 Å². The molecule has 5 heteroatoms. The van der Waals surface area contributed by atoms with Gasteiger partial charge in [-0.25, -0.2) is 0 Å². The van der Waals surface area contributed by atoms with Crippen molar-refractivity contribution in [3.8, 4) is 11.4 Å². The van der Waals surface area contributed by atoms with Gasteiger partial charge in [-0.15, -0.1) is 0 Å². The first-order chi connectivity index (χ1) is 9.79. The van der Waals surface area contributed by atoms with Crippen molar-refractivity contribution in [1.29, 1.82) is 0 Å². The van der Waals surface area contributed by atoms with E-state index in [1.807, 2.05) is 13.0 Å². The highest BCUT2D eigenvalue weighted by Gasteiger charge is 2.49. The van der Waals surface area contributed by atoms with Gasteiger partial charge in [0.15, 0.2) is 0 Å². The second kappa shape index (κ2) is 4.45. The van der Waals surface area contributed by atoms with Crippen molar-refractivity contribution in [3.05, 3.63) is 24.0 Å². The Morgan fingerprint density at radius 3 is 3.15 bits per heavy atom. The third-order valence-corrected chi connectivity index (χ3v) is 4.95. The molecule has 106 valence electrons. The van der Waals surface area contributed by atoms with E-state index >= 15 is 0 Å². The van der Waals surface area contributed by atoms with Crippen molar-refractivity contribution in [1.82, 2.24) is 15.5 Å². The van der Waals surface area contributed by atoms with Crippen LogP contribution in [0.25, 0.3) is 11.4 Å². The molecule has 0 bridgehead atoms. The minimum Gasteiger partial charge on any atom is -0.469 e. The van der Waals surface area contributed by atoms with E-state index < -0.39 is 0 Å². The van der Waals surface area contributed by atoms with Gasteiger partial charge < -0.3 is 14.3 Å². The first-order valence-corrected chi connectivity index (χ1v) is 7.42. The molecule has 1 N–H and O–H groups in total. The molecule has 0 amide bonds. The molecule has 1 saturated heterocycles. The highest BCUT2D eigenvalue weighted by atomic mass is 16.5. The van der Waals surface area contributed by atoms with Gasteiger partial charge in [-0.05, 0) is 38.8 Å². The smallest absolute Gasteiger partial charge is 0.234 e. The Kier molecular flexibility index (Phi) is 2.70. The Morgan fingerprint density at radius 1 is 1.35 bits per heavy atom. The summed E-state index contributed by atoms with van der Waals surface area (Å²) < 4.78 is 11.0. The van der Waals surface area contributed by atoms with E-state index in [1.54, 1.807) is 6.26 Å². The van der Waals surface area contributed by atoms with E-state index in [4.69, 9.17) is 13.9 Å². The average molecular weight is 273 g/mol. The van der Waals surface area contributed by atoms with E-state index in [0.717, 1.165) is 36.6 Å². The lowest BCUT2D eigenvalue weighted by molar-refractivity contribution is 0.199. The van der Waals surface area contributed by atoms with Crippen LogP contribution < -0.4 is 5.32 Å². The van der Waals surface area contributed by atoms with Crippen molar-refractivity contribution in [2.75, 3.05) is 6.54 Å². The summed E-state index contributed by atoms with van der Waals surface area (Å²) in [7, 11) is 0. The van der Waals surface area contributed by atoms with Crippen LogP contribution in [-0.4, -0.2) is 22.7 Å². The molecule has 5 nitrogen and oxygen atoms in total. The van der Waals surface area contributed by atoms with E-state index in [9.17, 15) is 0 Å². The molecule has 2 aromatic heterocycles. The predicted molar refractivity (Wildman–Crippen MR) is 73.3 cm³/mol. The molecule has 0 aromatic carbocycles. The Morgan fingerprint density at radius 2 is 2.30 bits per heavy atom. The fourth-order valence-corrected chi connectivity index (χ4v) is 3.82. The minimum atomic E-state index is 0.0567. The monoisotopic (exact) mass is 273 g/mol. The lowest BCUT2D eigenvalue weighted by Crippen LogP contribution is -2.43. The van der Waals surface area contributed by atoms with Crippen LogP contribution in [0, 0.1) is 6.92 Å². The van der Waals surface area contributed by atoms with Crippen molar-refractivity contribution in [2.24, 2.45) is 0 Å². The van der Waals surface area contributed by atoms with Crippen molar-refractivity contribution in [3.63, 3.8) is 0 Å². The maximum absolute atomic E-state index is 5.64. The molecular weight excluding hydrogens is 254 g/mol. The second-order valence-electron chi connectivity index (χ2n) is 5.97. The Labute approximate surface area is 117 Å². The number of hydrogen-bond donors (Lipinski definition) is 1. The molecule has 0 radical (unpaired) electrons. The third-order valence-electron chi connectivity index (χ3n) is 4.95. The van der Waals surface area contributed by atoms with Gasteiger partial charge in [-0.1, -0.05) is 18.0 Å². The van der Waals surface area contributed by atoms with Gasteiger partial charge in [0.25, 0.3) is 0 Å². The quantitative estimate of drug-likeness (QED) is 0.911. The SMILES string of the molecule is Cc1occc1-c1noc([C@@]23CCCC[C@@H]2NCC3)n1. The Balaban J connectivity index is 1.72. The molecule has 1 aliphatic carbocycles. The Hall–Kier alpha value is -1.62. The van der Waals surface area contributed by atoms with Crippen LogP contribution in [-0.2, 0) is 5.41 Å². The van der Waals surface area contributed by atoms with E-state index in [1.165, 1.54) is 19.3 Å². The highest BCUT2D eigenvalue weighted by molar-refractivity contribution is 5.56. The van der Waals surface area contributed by atoms with Crippen LogP contribution in [0.2, 0.25) is 0 Å². The molecule has 2 atom stereocenters. The standard InChI is InChI=1S/C15H19N3O2/c1-10-11(5-9-19-10)13-17-14(20-18-13)15-6-3-2-4-12(15)16-8-7-15/h5,9,12,16H,2-4,6-8H2,1H3/t12-,15+/m0/s1. The first-order valence-electron chi connectivity index (χ1n) is 7.42. The number of hydrogen-bond acceptors (Lipinski definition) is 5. The van der Waals surface area contributed by atoms with Crippen LogP contribution >= 0.6 is 0 Å². The summed E-state index contributed by atoms with van der Waals surface area (Å²) in [5, 5.41) is 7.78. The largest absolute Gasteiger partial charge is 0.469 e. The maximum Gasteiger partial charge on any atom is 0.234 e. The van der Waals surface area contributed by atoms with Crippen LogP contribution in [0.5, 0.6) is 0 Å². The lowest BCUT2D eigenvalue weighted by Gasteiger charge is -2.35. The van der Waals surface area contributed by atoms with Gasteiger partial charge in [-0.2, -0.15) is 4.98 Å². The zero-order valence-corrected chi connectivity index (χ0v) is 11.7. The van der Waals surface area contributed by atoms with Gasteiger partial charge in [0.1, 0.15) is 5.76 Å². The summed E-state index contributed by atoms with van der Waals surface area (Å²) in [6.07, 6.45) is 7.67. The summed E-state index contributed by atoms with van der Waals surface area (Å²) >= 11 is 0. The van der Waals surface area contributed by atoms with E-state index in [0.29, 0.717) is 11.9 Å². The first kappa shape index (κ1) is 12.1. The van der Waals surface area contributed by atoms with Crippen molar-refractivity contribution in [2.45, 2.75) is 50.5 Å². The molecule has 2 fully saturated rings. The van der Waals surface area contributed by atoms with Crippen LogP contribution in [0.3, 0.4) is 0 Å². The van der Waals surface area contributed by atoms with Gasteiger partial charge in [-0.3, -0.25) is 0 Å². The van der Waals surface area contributed by atoms with Crippen LogP contribution in [0.4, 0.5) is 0 Å². The molecule has 2 aromatic rings. The zero-order chi connectivity index (χ0) is 13.6. The van der Waals surface area contributed by atoms with Gasteiger partial charge in [0.05, 0.1) is 17.2 Å². The maximum atomic E-state index is 5.64. The summed E-state index contributed by atoms with van der Waals surface area (Å²) in [6, 6.07) is 2.39. The normalized spacial score (nSPS) is 29.6. The third kappa shape index (κ3) is 1.66. The number of aromatic nitrogens is 2. The number of aryl methyl sites for hydroxylation is 1. The molecule has 0 unspecified atom stereocenters. The average Bonchev–Trinajstić information content (AvgIpc) is 3.16. The summed E-state index contributed by atoms with van der Waals surface area (Å²) in [5.41, 5.74) is 0.982. The molecule has 20 heavy (non-hydrogen) atoms. The molecule has 3 heterocycles. The summed E-state index contributed by atoms with van der Waals surface area (Å²) in [5.74, 6) is 2.29. The minimum absolute atomic E-state index is 0.0567. The van der Waals surface area contributed by atoms with E-state index in [-0.39, 0.29) is 5.41 Å². The van der Waals surface area contributed by atoms with Crippen molar-refractivity contribution >= 4 is 0 Å². The molecule has 1 saturated carbocycles. The van der Waals surface area contributed by atoms with Crippen LogP contribution in [0.1, 0.15) is 43.8 Å². The van der Waals surface area contributed by atoms with Crippen LogP contribution in [0.15, 0.2) is 21.3 Å². The van der Waals surface area contributed by atoms with Gasteiger partial charge >= 0.3 is 0 Å². The predicted octanol–water partition coefficient (Wildman–Crippen LogP) is 2.81. The topological polar surface area (TPSA) is 64.1 Å². The Bertz CT molecular complexity index is 618. The molecule has 0 spiro atoms. The second-order valence-corrected chi connectivity index (χ2v) is 5.97. The highest BCUT2D eigenvalue weighted by Crippen LogP contribution is 2.44. The number of nitrogens with one attached hydrogen (secondary N) is 1. The number of nitrogens with zero attached hydrogens (tertiary/aromatic N) is 2. The fourth-order valence-electron chi connectivity index (χ4n) is 3.82. The molecule has 2 aliphatic rings. The van der Waals surface area contributed by atoms with Crippen molar-refractivity contribution < 1.29 is 8.94 Å². The zero-order valence-electron chi connectivity index (χ0n) is 11.7. The fraction of sp³-hybridized carbons (Fsp3) is 0.600. The summed E-state index contributed by atoms with van der Waals surface area (Å²) in [6.45, 7) is 2.97.